The Bertz CT molecular complexity index is 1790. The number of carbonyl (C=O) groups is 3. The lowest BCUT2D eigenvalue weighted by molar-refractivity contribution is -0.143. The zero-order chi connectivity index (χ0) is 29.5. The number of carbonyl (C=O) groups excluding carboxylic acids is 3. The zero-order valence-corrected chi connectivity index (χ0v) is 23.1. The molecule has 1 aliphatic heterocycles. The van der Waals surface area contributed by atoms with Crippen LogP contribution in [-0.4, -0.2) is 73.0 Å². The third kappa shape index (κ3) is 4.83. The number of rotatable bonds is 7. The highest BCUT2D eigenvalue weighted by Gasteiger charge is 2.50. The van der Waals surface area contributed by atoms with E-state index in [1.165, 1.54) is 64.7 Å². The number of ether oxygens (including phenoxy) is 1. The van der Waals surface area contributed by atoms with Crippen molar-refractivity contribution in [1.82, 2.24) is 24.1 Å². The number of fused-ring (bicyclic) bond motifs is 1. The van der Waals surface area contributed by atoms with E-state index in [-0.39, 0.29) is 26.4 Å². The van der Waals surface area contributed by atoms with Gasteiger partial charge in [-0.15, -0.1) is 0 Å². The first-order valence-electron chi connectivity index (χ1n) is 11.5. The monoisotopic (exact) mass is 590 g/mol. The molecule has 16 heteroatoms. The van der Waals surface area contributed by atoms with Gasteiger partial charge in [-0.05, 0) is 37.4 Å². The quantitative estimate of drug-likeness (QED) is 0.369. The normalized spacial score (nSPS) is 16.5. The number of nitrogens with one attached hydrogen (secondary N) is 2. The molecule has 210 valence electrons. The molecular formula is C24H23ClN6O8S. The lowest BCUT2D eigenvalue weighted by Crippen LogP contribution is -2.44. The molecule has 0 radical (unpaired) electrons. The number of hydrogen-bond donors (Lipinski definition) is 2. The largest absolute Gasteiger partial charge is 0.353 e. The van der Waals surface area contributed by atoms with E-state index in [0.29, 0.717) is 4.90 Å². The van der Waals surface area contributed by atoms with E-state index in [0.717, 1.165) is 15.5 Å². The van der Waals surface area contributed by atoms with E-state index in [2.05, 4.69) is 15.0 Å². The summed E-state index contributed by atoms with van der Waals surface area (Å²) in [6.45, 7) is 0. The van der Waals surface area contributed by atoms with Gasteiger partial charge in [0.15, 0.2) is 6.04 Å². The number of amides is 4. The number of likely N-dealkylation sites (N-methyl/N-ethyl adjacent to an activating group) is 1. The van der Waals surface area contributed by atoms with Crippen molar-refractivity contribution in [2.24, 2.45) is 7.05 Å². The van der Waals surface area contributed by atoms with Crippen LogP contribution in [0.4, 0.5) is 10.5 Å². The Balaban J connectivity index is 1.96. The summed E-state index contributed by atoms with van der Waals surface area (Å²) in [4.78, 5) is 71.9. The Morgan fingerprint density at radius 1 is 1.07 bits per heavy atom. The first kappa shape index (κ1) is 28.8. The van der Waals surface area contributed by atoms with Gasteiger partial charge in [-0.2, -0.15) is 4.98 Å². The summed E-state index contributed by atoms with van der Waals surface area (Å²) >= 11 is 6.22. The van der Waals surface area contributed by atoms with Crippen LogP contribution < -0.4 is 21.2 Å². The predicted molar refractivity (Wildman–Crippen MR) is 143 cm³/mol. The first-order chi connectivity index (χ1) is 18.8. The Morgan fingerprint density at radius 2 is 1.73 bits per heavy atom. The lowest BCUT2D eigenvalue weighted by atomic mass is 10.2. The van der Waals surface area contributed by atoms with Crippen LogP contribution in [0.25, 0.3) is 10.8 Å². The van der Waals surface area contributed by atoms with Crippen LogP contribution in [0.1, 0.15) is 11.9 Å². The highest BCUT2D eigenvalue weighted by atomic mass is 35.5. The van der Waals surface area contributed by atoms with Crippen LogP contribution in [-0.2, 0) is 31.4 Å². The van der Waals surface area contributed by atoms with Gasteiger partial charge in [0, 0.05) is 21.2 Å². The Labute approximate surface area is 232 Å². The van der Waals surface area contributed by atoms with Gasteiger partial charge >= 0.3 is 6.03 Å². The number of halogens is 1. The van der Waals surface area contributed by atoms with E-state index in [1.807, 2.05) is 0 Å². The van der Waals surface area contributed by atoms with Crippen LogP contribution in [0.2, 0.25) is 5.02 Å². The molecule has 14 nitrogen and oxygen atoms in total. The van der Waals surface area contributed by atoms with Gasteiger partial charge in [0.1, 0.15) is 5.82 Å². The molecule has 1 aliphatic rings. The van der Waals surface area contributed by atoms with Gasteiger partial charge in [0.05, 0.1) is 26.4 Å². The maximum absolute atomic E-state index is 13.8. The maximum atomic E-state index is 13.8. The van der Waals surface area contributed by atoms with Crippen LogP contribution >= 0.6 is 11.6 Å². The first-order valence-corrected chi connectivity index (χ1v) is 13.4. The minimum Gasteiger partial charge on any atom is -0.353 e. The van der Waals surface area contributed by atoms with Gasteiger partial charge in [-0.1, -0.05) is 23.7 Å². The van der Waals surface area contributed by atoms with Crippen LogP contribution in [0.5, 0.6) is 0 Å². The van der Waals surface area contributed by atoms with Crippen molar-refractivity contribution in [3.63, 3.8) is 0 Å². The van der Waals surface area contributed by atoms with Gasteiger partial charge in [-0.3, -0.25) is 28.6 Å². The summed E-state index contributed by atoms with van der Waals surface area (Å²) in [6.07, 6.45) is -1.41. The summed E-state index contributed by atoms with van der Waals surface area (Å²) in [6, 6.07) is 6.35. The summed E-state index contributed by atoms with van der Waals surface area (Å²) in [7, 11) is 0.913. The molecule has 2 heterocycles. The SMILES string of the molecule is CNS(=O)(=O)c1ccc(Cl)c(NC(=O)C(c2nc(=O)c3ccccc3c(=O)n2C)N2C(=O)C(OC)N(C)C2=O)c1. The number of urea groups is 1. The van der Waals surface area contributed by atoms with Crippen molar-refractivity contribution in [1.29, 1.82) is 0 Å². The second-order valence-corrected chi connectivity index (χ2v) is 10.9. The van der Waals surface area contributed by atoms with Crippen molar-refractivity contribution >= 4 is 55.9 Å². The van der Waals surface area contributed by atoms with Crippen LogP contribution in [0, 0.1) is 0 Å². The average molecular weight is 591 g/mol. The second-order valence-electron chi connectivity index (χ2n) is 8.62. The number of methoxy groups -OCH3 is 1. The molecule has 40 heavy (non-hydrogen) atoms. The van der Waals surface area contributed by atoms with E-state index in [9.17, 15) is 32.4 Å². The molecule has 4 amide bonds. The van der Waals surface area contributed by atoms with Crippen molar-refractivity contribution in [2.75, 3.05) is 26.5 Å². The number of sulfonamides is 1. The predicted octanol–water partition coefficient (Wildman–Crippen LogP) is 0.402. The van der Waals surface area contributed by atoms with E-state index >= 15 is 0 Å². The summed E-state index contributed by atoms with van der Waals surface area (Å²) < 4.78 is 32.7. The fourth-order valence-corrected chi connectivity index (χ4v) is 5.13. The summed E-state index contributed by atoms with van der Waals surface area (Å²) in [5.41, 5.74) is -1.81. The van der Waals surface area contributed by atoms with Crippen LogP contribution in [0.15, 0.2) is 56.9 Å². The molecule has 0 spiro atoms. The number of anilines is 1. The minimum absolute atomic E-state index is 0.00751. The molecule has 0 saturated carbocycles. The zero-order valence-electron chi connectivity index (χ0n) is 21.5. The summed E-state index contributed by atoms with van der Waals surface area (Å²) in [5.74, 6) is -2.62. The molecule has 2 atom stereocenters. The van der Waals surface area contributed by atoms with Gasteiger partial charge in [0.2, 0.25) is 16.3 Å². The van der Waals surface area contributed by atoms with E-state index in [4.69, 9.17) is 16.3 Å². The van der Waals surface area contributed by atoms with Crippen LogP contribution in [0.3, 0.4) is 0 Å². The molecule has 1 saturated heterocycles. The highest BCUT2D eigenvalue weighted by Crippen LogP contribution is 2.31. The fraction of sp³-hybridized carbons (Fsp3) is 0.250. The van der Waals surface area contributed by atoms with Gasteiger partial charge in [0.25, 0.3) is 22.9 Å². The topological polar surface area (TPSA) is 177 Å². The standard InChI is InChI=1S/C24H23ClN6O8S/c1-26-40(37,38)12-9-10-15(25)16(11-12)27-20(33)17(31-22(35)23(39-4)30(3)24(31)36)18-28-19(32)13-7-5-6-8-14(13)21(34)29(18)2/h5-11,17,23,26H,1-4H3,(H,27,33). The molecule has 1 fully saturated rings. The number of imide groups is 1. The molecule has 3 aromatic rings. The van der Waals surface area contributed by atoms with E-state index in [1.54, 1.807) is 0 Å². The second kappa shape index (κ2) is 10.8. The van der Waals surface area contributed by atoms with Gasteiger partial charge < -0.3 is 10.1 Å². The molecule has 2 aromatic carbocycles. The Hall–Kier alpha value is -4.18. The molecule has 0 aliphatic carbocycles. The Kier molecular flexibility index (Phi) is 7.76. The van der Waals surface area contributed by atoms with Crippen molar-refractivity contribution < 1.29 is 27.5 Å². The maximum Gasteiger partial charge on any atom is 0.330 e. The van der Waals surface area contributed by atoms with Crippen molar-refractivity contribution in [2.45, 2.75) is 17.2 Å². The molecule has 1 aromatic heterocycles. The molecule has 4 rings (SSSR count). The lowest BCUT2D eigenvalue weighted by Gasteiger charge is -2.25. The number of benzene rings is 2. The number of hydrogen-bond acceptors (Lipinski definition) is 9. The number of nitrogens with zero attached hydrogens (tertiary/aromatic N) is 4. The average Bonchev–Trinajstić information content (AvgIpc) is 3.09. The third-order valence-electron chi connectivity index (χ3n) is 6.31. The molecule has 0 bridgehead atoms. The third-order valence-corrected chi connectivity index (χ3v) is 8.05. The smallest absolute Gasteiger partial charge is 0.330 e. The van der Waals surface area contributed by atoms with Crippen molar-refractivity contribution in [3.8, 4) is 0 Å². The van der Waals surface area contributed by atoms with Gasteiger partial charge in [-0.25, -0.2) is 22.8 Å². The Morgan fingerprint density at radius 3 is 2.33 bits per heavy atom. The summed E-state index contributed by atoms with van der Waals surface area (Å²) in [5, 5.41) is 2.27. The van der Waals surface area contributed by atoms with Crippen molar-refractivity contribution in [3.05, 3.63) is 74.0 Å². The molecular weight excluding hydrogens is 568 g/mol. The highest BCUT2D eigenvalue weighted by molar-refractivity contribution is 7.89. The fourth-order valence-electron chi connectivity index (χ4n) is 4.21. The molecule has 2 N–H and O–H groups in total. The minimum atomic E-state index is -3.95. The number of aromatic nitrogens is 2. The molecule has 2 unspecified atom stereocenters. The van der Waals surface area contributed by atoms with E-state index < -0.39 is 57.1 Å².